The fraction of sp³-hybridized carbons (Fsp3) is 0.600. The largest absolute Gasteiger partial charge is 0.508 e. The van der Waals surface area contributed by atoms with Crippen molar-refractivity contribution in [1.82, 2.24) is 4.90 Å². The van der Waals surface area contributed by atoms with Crippen LogP contribution in [-0.4, -0.2) is 63.3 Å². The highest BCUT2D eigenvalue weighted by molar-refractivity contribution is 5.18. The molecule has 0 saturated carbocycles. The molecule has 0 heterocycles. The molecule has 0 bridgehead atoms. The molecule has 0 aliphatic heterocycles. The highest BCUT2D eigenvalue weighted by Gasteiger charge is 2.12. The Kier molecular flexibility index (Phi) is 10.0. The van der Waals surface area contributed by atoms with Gasteiger partial charge in [0.2, 0.25) is 0 Å². The Morgan fingerprint density at radius 1 is 0.800 bits per heavy atom. The van der Waals surface area contributed by atoms with Gasteiger partial charge in [-0.2, -0.15) is 0 Å². The molecule has 116 valence electrons. The summed E-state index contributed by atoms with van der Waals surface area (Å²) in [5.41, 5.74) is 0. The van der Waals surface area contributed by atoms with E-state index in [9.17, 15) is 0 Å². The van der Waals surface area contributed by atoms with Gasteiger partial charge in [-0.25, -0.2) is 0 Å². The van der Waals surface area contributed by atoms with Crippen LogP contribution in [0.25, 0.3) is 0 Å². The average molecular weight is 285 g/mol. The summed E-state index contributed by atoms with van der Waals surface area (Å²) in [5.74, 6) is 0.322. The van der Waals surface area contributed by atoms with Crippen molar-refractivity contribution < 1.29 is 20.4 Å². The molecular weight excluding hydrogens is 258 g/mol. The van der Waals surface area contributed by atoms with Gasteiger partial charge in [0.1, 0.15) is 5.75 Å². The Morgan fingerprint density at radius 2 is 1.15 bits per heavy atom. The van der Waals surface area contributed by atoms with Gasteiger partial charge in [-0.3, -0.25) is 4.90 Å². The van der Waals surface area contributed by atoms with Crippen molar-refractivity contribution in [3.63, 3.8) is 0 Å². The van der Waals surface area contributed by atoms with Gasteiger partial charge in [0.25, 0.3) is 0 Å². The van der Waals surface area contributed by atoms with E-state index in [4.69, 9.17) is 20.4 Å². The number of nitrogens with zero attached hydrogens (tertiary/aromatic N) is 1. The Hall–Kier alpha value is -1.14. The molecular formula is C15H27NO4. The Labute approximate surface area is 121 Å². The molecule has 0 aliphatic rings. The molecule has 5 heteroatoms. The molecule has 3 atom stereocenters. The highest BCUT2D eigenvalue weighted by atomic mass is 16.3. The predicted octanol–water partition coefficient (Wildman–Crippen LogP) is 0.823. The SMILES string of the molecule is CC(O)CN(CC(C)O)CC(C)O.Oc1ccccc1. The van der Waals surface area contributed by atoms with Gasteiger partial charge in [0.05, 0.1) is 18.3 Å². The predicted molar refractivity (Wildman–Crippen MR) is 79.6 cm³/mol. The number of hydrogen-bond acceptors (Lipinski definition) is 5. The van der Waals surface area contributed by atoms with E-state index in [1.807, 2.05) is 11.0 Å². The molecule has 0 saturated heterocycles. The number of aliphatic hydroxyl groups excluding tert-OH is 3. The third-order valence-corrected chi connectivity index (χ3v) is 2.32. The minimum absolute atomic E-state index is 0.322. The number of phenols is 1. The van der Waals surface area contributed by atoms with Crippen LogP contribution in [0.1, 0.15) is 20.8 Å². The molecule has 20 heavy (non-hydrogen) atoms. The first-order valence-corrected chi connectivity index (χ1v) is 6.81. The smallest absolute Gasteiger partial charge is 0.115 e. The van der Waals surface area contributed by atoms with Crippen LogP contribution in [0.3, 0.4) is 0 Å². The van der Waals surface area contributed by atoms with Crippen molar-refractivity contribution in [3.05, 3.63) is 30.3 Å². The standard InChI is InChI=1S/C9H21NO3.C6H6O/c1-7(11)4-10(5-8(2)12)6-9(3)13;7-6-4-2-1-3-5-6/h7-9,11-13H,4-6H2,1-3H3;1-5,7H. The van der Waals surface area contributed by atoms with Crippen molar-refractivity contribution >= 4 is 0 Å². The monoisotopic (exact) mass is 285 g/mol. The van der Waals surface area contributed by atoms with Gasteiger partial charge in [-0.1, -0.05) is 18.2 Å². The second kappa shape index (κ2) is 10.6. The first-order chi connectivity index (χ1) is 9.31. The summed E-state index contributed by atoms with van der Waals surface area (Å²) in [5, 5.41) is 36.1. The van der Waals surface area contributed by atoms with Gasteiger partial charge in [-0.05, 0) is 32.9 Å². The van der Waals surface area contributed by atoms with E-state index >= 15 is 0 Å². The molecule has 4 N–H and O–H groups in total. The van der Waals surface area contributed by atoms with Gasteiger partial charge >= 0.3 is 0 Å². The van der Waals surface area contributed by atoms with E-state index in [-0.39, 0.29) is 0 Å². The minimum Gasteiger partial charge on any atom is -0.508 e. The molecule has 0 aliphatic carbocycles. The maximum Gasteiger partial charge on any atom is 0.115 e. The van der Waals surface area contributed by atoms with Crippen molar-refractivity contribution in [3.8, 4) is 5.75 Å². The van der Waals surface area contributed by atoms with Crippen LogP contribution < -0.4 is 0 Å². The summed E-state index contributed by atoms with van der Waals surface area (Å²) in [4.78, 5) is 1.85. The van der Waals surface area contributed by atoms with Crippen LogP contribution in [0.5, 0.6) is 5.75 Å². The van der Waals surface area contributed by atoms with Gasteiger partial charge in [-0.15, -0.1) is 0 Å². The number of aliphatic hydroxyl groups is 3. The normalized spacial score (nSPS) is 15.2. The first kappa shape index (κ1) is 18.9. The third-order valence-electron chi connectivity index (χ3n) is 2.32. The van der Waals surface area contributed by atoms with Crippen LogP contribution in [-0.2, 0) is 0 Å². The quantitative estimate of drug-likeness (QED) is 0.622. The highest BCUT2D eigenvalue weighted by Crippen LogP contribution is 2.02. The molecule has 0 radical (unpaired) electrons. The zero-order valence-electron chi connectivity index (χ0n) is 12.5. The zero-order chi connectivity index (χ0) is 15.5. The van der Waals surface area contributed by atoms with Gasteiger partial charge < -0.3 is 20.4 Å². The number of benzene rings is 1. The number of rotatable bonds is 6. The number of hydrogen-bond donors (Lipinski definition) is 4. The van der Waals surface area contributed by atoms with Gasteiger partial charge in [0, 0.05) is 19.6 Å². The second-order valence-electron chi connectivity index (χ2n) is 5.10. The second-order valence-corrected chi connectivity index (χ2v) is 5.10. The minimum atomic E-state index is -0.433. The number of aromatic hydroxyl groups is 1. The molecule has 1 aromatic rings. The molecule has 0 amide bonds. The van der Waals surface area contributed by atoms with Gasteiger partial charge in [0.15, 0.2) is 0 Å². The van der Waals surface area contributed by atoms with Crippen molar-refractivity contribution in [2.75, 3.05) is 19.6 Å². The third kappa shape index (κ3) is 11.9. The summed E-state index contributed by atoms with van der Waals surface area (Å²) in [6.45, 7) is 6.52. The molecule has 1 aromatic carbocycles. The van der Waals surface area contributed by atoms with Crippen LogP contribution in [0.4, 0.5) is 0 Å². The van der Waals surface area contributed by atoms with E-state index < -0.39 is 18.3 Å². The topological polar surface area (TPSA) is 84.2 Å². The molecule has 0 spiro atoms. The molecule has 5 nitrogen and oxygen atoms in total. The Morgan fingerprint density at radius 3 is 1.35 bits per heavy atom. The Bertz CT molecular complexity index is 304. The molecule has 0 aromatic heterocycles. The summed E-state index contributed by atoms with van der Waals surface area (Å²) < 4.78 is 0. The van der Waals surface area contributed by atoms with Crippen molar-refractivity contribution in [2.45, 2.75) is 39.1 Å². The lowest BCUT2D eigenvalue weighted by Gasteiger charge is -2.25. The van der Waals surface area contributed by atoms with Crippen LogP contribution in [0, 0.1) is 0 Å². The average Bonchev–Trinajstić information content (AvgIpc) is 2.27. The van der Waals surface area contributed by atoms with E-state index in [1.165, 1.54) is 0 Å². The summed E-state index contributed by atoms with van der Waals surface area (Å²) >= 11 is 0. The molecule has 1 rings (SSSR count). The fourth-order valence-corrected chi connectivity index (χ4v) is 1.77. The summed E-state index contributed by atoms with van der Waals surface area (Å²) in [6, 6.07) is 8.71. The van der Waals surface area contributed by atoms with E-state index in [2.05, 4.69) is 0 Å². The van der Waals surface area contributed by atoms with E-state index in [0.717, 1.165) is 0 Å². The molecule has 3 unspecified atom stereocenters. The first-order valence-electron chi connectivity index (χ1n) is 6.81. The molecule has 0 fully saturated rings. The van der Waals surface area contributed by atoms with Crippen LogP contribution >= 0.6 is 0 Å². The van der Waals surface area contributed by atoms with Crippen molar-refractivity contribution in [2.24, 2.45) is 0 Å². The number of phenolic OH excluding ortho intramolecular Hbond substituents is 1. The van der Waals surface area contributed by atoms with Crippen molar-refractivity contribution in [1.29, 1.82) is 0 Å². The van der Waals surface area contributed by atoms with Crippen LogP contribution in [0.2, 0.25) is 0 Å². The van der Waals surface area contributed by atoms with E-state index in [0.29, 0.717) is 25.4 Å². The number of para-hydroxylation sites is 1. The lowest BCUT2D eigenvalue weighted by atomic mass is 10.2. The Balaban J connectivity index is 0.000000428. The summed E-state index contributed by atoms with van der Waals surface area (Å²) in [6.07, 6.45) is -1.30. The van der Waals surface area contributed by atoms with E-state index in [1.54, 1.807) is 45.0 Å². The lowest BCUT2D eigenvalue weighted by molar-refractivity contribution is 0.0530. The maximum absolute atomic E-state index is 9.14. The maximum atomic E-state index is 9.14. The fourth-order valence-electron chi connectivity index (χ4n) is 1.77. The van der Waals surface area contributed by atoms with Crippen LogP contribution in [0.15, 0.2) is 30.3 Å². The lowest BCUT2D eigenvalue weighted by Crippen LogP contribution is -2.40. The zero-order valence-corrected chi connectivity index (χ0v) is 12.5. The summed E-state index contributed by atoms with van der Waals surface area (Å²) in [7, 11) is 0.